The van der Waals surface area contributed by atoms with Crippen LogP contribution in [0.5, 0.6) is 17.2 Å². The molecular formula is C20H33N3O4. The van der Waals surface area contributed by atoms with Crippen LogP contribution in [0.25, 0.3) is 0 Å². The number of hydrogen-bond acceptors (Lipinski definition) is 6. The monoisotopic (exact) mass is 379 g/mol. The third-order valence-corrected chi connectivity index (χ3v) is 4.94. The molecule has 1 saturated heterocycles. The van der Waals surface area contributed by atoms with E-state index in [-0.39, 0.29) is 18.0 Å². The van der Waals surface area contributed by atoms with Crippen molar-refractivity contribution >= 4 is 5.91 Å². The van der Waals surface area contributed by atoms with Crippen molar-refractivity contribution in [2.75, 3.05) is 47.5 Å². The van der Waals surface area contributed by atoms with Crippen LogP contribution in [0.3, 0.4) is 0 Å². The fourth-order valence-corrected chi connectivity index (χ4v) is 3.41. The lowest BCUT2D eigenvalue weighted by molar-refractivity contribution is -0.127. The zero-order valence-corrected chi connectivity index (χ0v) is 17.4. The maximum Gasteiger partial charge on any atom is 0.237 e. The topological polar surface area (TPSA) is 63.3 Å². The van der Waals surface area contributed by atoms with Gasteiger partial charge in [0.25, 0.3) is 0 Å². The molecule has 1 amide bonds. The number of ether oxygens (including phenoxy) is 3. The van der Waals surface area contributed by atoms with Crippen LogP contribution in [0.4, 0.5) is 0 Å². The van der Waals surface area contributed by atoms with E-state index in [4.69, 9.17) is 14.2 Å². The predicted octanol–water partition coefficient (Wildman–Crippen LogP) is 1.74. The fraction of sp³-hybridized carbons (Fsp3) is 0.650. The minimum absolute atomic E-state index is 0.0972. The van der Waals surface area contributed by atoms with E-state index < -0.39 is 0 Å². The predicted molar refractivity (Wildman–Crippen MR) is 106 cm³/mol. The summed E-state index contributed by atoms with van der Waals surface area (Å²) in [6, 6.07) is 3.99. The van der Waals surface area contributed by atoms with Crippen LogP contribution in [0.15, 0.2) is 12.1 Å². The molecule has 1 aromatic carbocycles. The van der Waals surface area contributed by atoms with E-state index in [9.17, 15) is 4.79 Å². The molecular weight excluding hydrogens is 346 g/mol. The summed E-state index contributed by atoms with van der Waals surface area (Å²) >= 11 is 0. The van der Waals surface area contributed by atoms with E-state index in [0.29, 0.717) is 17.2 Å². The van der Waals surface area contributed by atoms with E-state index in [2.05, 4.69) is 15.1 Å². The van der Waals surface area contributed by atoms with Crippen molar-refractivity contribution in [3.63, 3.8) is 0 Å². The zero-order chi connectivity index (χ0) is 20.0. The summed E-state index contributed by atoms with van der Waals surface area (Å²) in [5.41, 5.74) is 1.06. The van der Waals surface area contributed by atoms with Crippen LogP contribution in [0.1, 0.15) is 26.3 Å². The Labute approximate surface area is 162 Å². The summed E-state index contributed by atoms with van der Waals surface area (Å²) < 4.78 is 16.4. The normalized spacial score (nSPS) is 16.9. The molecule has 0 radical (unpaired) electrons. The molecule has 152 valence electrons. The summed E-state index contributed by atoms with van der Waals surface area (Å²) in [5, 5.41) is 2.99. The zero-order valence-electron chi connectivity index (χ0n) is 17.4. The second-order valence-corrected chi connectivity index (χ2v) is 7.14. The van der Waals surface area contributed by atoms with Gasteiger partial charge in [-0.1, -0.05) is 6.07 Å². The minimum atomic E-state index is -0.106. The number of carbonyl (C=O) groups is 1. The molecule has 0 aromatic heterocycles. The van der Waals surface area contributed by atoms with E-state index in [1.54, 1.807) is 21.3 Å². The first kappa shape index (κ1) is 21.3. The first-order valence-corrected chi connectivity index (χ1v) is 9.45. The molecule has 1 aromatic rings. The Hall–Kier alpha value is -1.99. The highest BCUT2D eigenvalue weighted by Gasteiger charge is 2.26. The number of nitrogens with zero attached hydrogens (tertiary/aromatic N) is 2. The van der Waals surface area contributed by atoms with E-state index in [0.717, 1.165) is 38.3 Å². The summed E-state index contributed by atoms with van der Waals surface area (Å²) in [4.78, 5) is 16.8. The highest BCUT2D eigenvalue weighted by atomic mass is 16.5. The Bertz CT molecular complexity index is 628. The van der Waals surface area contributed by atoms with Gasteiger partial charge < -0.3 is 19.5 Å². The lowest BCUT2D eigenvalue weighted by Gasteiger charge is -2.37. The highest BCUT2D eigenvalue weighted by molar-refractivity contribution is 5.81. The van der Waals surface area contributed by atoms with Crippen molar-refractivity contribution in [1.29, 1.82) is 0 Å². The standard InChI is InChI=1S/C20H33N3O4/c1-14(2)21-20(24)15(3)23-11-9-22(10-12-23)13-16-7-8-17(25-4)19(27-6)18(16)26-5/h7-8,14-15H,9-13H2,1-6H3,(H,21,24)/t15-/m1/s1. The Morgan fingerprint density at radius 3 is 2.15 bits per heavy atom. The summed E-state index contributed by atoms with van der Waals surface area (Å²) in [6.45, 7) is 10.2. The molecule has 2 rings (SSSR count). The number of methoxy groups -OCH3 is 3. The van der Waals surface area contributed by atoms with Gasteiger partial charge in [0.1, 0.15) is 0 Å². The van der Waals surface area contributed by atoms with Gasteiger partial charge in [0.05, 0.1) is 27.4 Å². The van der Waals surface area contributed by atoms with Gasteiger partial charge in [-0.2, -0.15) is 0 Å². The molecule has 1 aliphatic rings. The number of hydrogen-bond donors (Lipinski definition) is 1. The Kier molecular flexibility index (Phi) is 7.74. The number of nitrogens with one attached hydrogen (secondary N) is 1. The van der Waals surface area contributed by atoms with Crippen molar-refractivity contribution in [3.05, 3.63) is 17.7 Å². The Morgan fingerprint density at radius 1 is 1.00 bits per heavy atom. The number of carbonyl (C=O) groups excluding carboxylic acids is 1. The Morgan fingerprint density at radius 2 is 1.63 bits per heavy atom. The molecule has 0 spiro atoms. The average molecular weight is 380 g/mol. The SMILES string of the molecule is COc1ccc(CN2CCN([C@H](C)C(=O)NC(C)C)CC2)c(OC)c1OC. The van der Waals surface area contributed by atoms with Crippen LogP contribution in [0.2, 0.25) is 0 Å². The highest BCUT2D eigenvalue weighted by Crippen LogP contribution is 2.40. The molecule has 7 heteroatoms. The smallest absolute Gasteiger partial charge is 0.237 e. The maximum atomic E-state index is 12.2. The van der Waals surface area contributed by atoms with Gasteiger partial charge >= 0.3 is 0 Å². The van der Waals surface area contributed by atoms with E-state index in [1.807, 2.05) is 32.9 Å². The molecule has 1 heterocycles. The average Bonchev–Trinajstić information content (AvgIpc) is 2.66. The van der Waals surface area contributed by atoms with Crippen molar-refractivity contribution in [2.24, 2.45) is 0 Å². The molecule has 7 nitrogen and oxygen atoms in total. The van der Waals surface area contributed by atoms with Crippen LogP contribution >= 0.6 is 0 Å². The molecule has 0 bridgehead atoms. The summed E-state index contributed by atoms with van der Waals surface area (Å²) in [6.07, 6.45) is 0. The van der Waals surface area contributed by atoms with E-state index in [1.165, 1.54) is 0 Å². The first-order chi connectivity index (χ1) is 12.9. The van der Waals surface area contributed by atoms with Gasteiger partial charge in [0, 0.05) is 44.3 Å². The van der Waals surface area contributed by atoms with Crippen LogP contribution in [-0.4, -0.2) is 75.3 Å². The number of amides is 1. The second kappa shape index (κ2) is 9.80. The Balaban J connectivity index is 1.99. The van der Waals surface area contributed by atoms with Gasteiger partial charge in [-0.25, -0.2) is 0 Å². The van der Waals surface area contributed by atoms with Gasteiger partial charge in [0.15, 0.2) is 11.5 Å². The summed E-state index contributed by atoms with van der Waals surface area (Å²) in [7, 11) is 4.88. The molecule has 1 atom stereocenters. The molecule has 0 saturated carbocycles. The number of piperazine rings is 1. The van der Waals surface area contributed by atoms with Gasteiger partial charge in [-0.05, 0) is 26.8 Å². The number of benzene rings is 1. The van der Waals surface area contributed by atoms with Crippen molar-refractivity contribution in [3.8, 4) is 17.2 Å². The van der Waals surface area contributed by atoms with Crippen molar-refractivity contribution < 1.29 is 19.0 Å². The van der Waals surface area contributed by atoms with Crippen LogP contribution in [-0.2, 0) is 11.3 Å². The molecule has 1 fully saturated rings. The minimum Gasteiger partial charge on any atom is -0.493 e. The maximum absolute atomic E-state index is 12.2. The fourth-order valence-electron chi connectivity index (χ4n) is 3.41. The molecule has 1 N–H and O–H groups in total. The lowest BCUT2D eigenvalue weighted by Crippen LogP contribution is -2.54. The second-order valence-electron chi connectivity index (χ2n) is 7.14. The molecule has 27 heavy (non-hydrogen) atoms. The third-order valence-electron chi connectivity index (χ3n) is 4.94. The summed E-state index contributed by atoms with van der Waals surface area (Å²) in [5.74, 6) is 2.09. The number of rotatable bonds is 8. The van der Waals surface area contributed by atoms with E-state index >= 15 is 0 Å². The lowest BCUT2D eigenvalue weighted by atomic mass is 10.1. The molecule has 0 aliphatic carbocycles. The van der Waals surface area contributed by atoms with Crippen molar-refractivity contribution in [2.45, 2.75) is 39.4 Å². The van der Waals surface area contributed by atoms with Crippen molar-refractivity contribution in [1.82, 2.24) is 15.1 Å². The van der Waals surface area contributed by atoms with Gasteiger partial charge in [0.2, 0.25) is 11.7 Å². The van der Waals surface area contributed by atoms with Gasteiger partial charge in [-0.3, -0.25) is 14.6 Å². The third kappa shape index (κ3) is 5.26. The van der Waals surface area contributed by atoms with Crippen LogP contribution in [0, 0.1) is 0 Å². The molecule has 1 aliphatic heterocycles. The largest absolute Gasteiger partial charge is 0.493 e. The molecule has 0 unspecified atom stereocenters. The van der Waals surface area contributed by atoms with Crippen LogP contribution < -0.4 is 19.5 Å². The first-order valence-electron chi connectivity index (χ1n) is 9.45. The quantitative estimate of drug-likeness (QED) is 0.742. The van der Waals surface area contributed by atoms with Gasteiger partial charge in [-0.15, -0.1) is 0 Å².